The Labute approximate surface area is 148 Å². The molecule has 1 fully saturated rings. The fourth-order valence-corrected chi connectivity index (χ4v) is 3.20. The summed E-state index contributed by atoms with van der Waals surface area (Å²) in [5.41, 5.74) is 1.02. The van der Waals surface area contributed by atoms with Crippen molar-refractivity contribution in [2.24, 2.45) is 0 Å². The molecule has 24 heavy (non-hydrogen) atoms. The molecular formula is C18H17BrF2N2O. The van der Waals surface area contributed by atoms with Crippen LogP contribution in [0.15, 0.2) is 46.9 Å². The van der Waals surface area contributed by atoms with Crippen molar-refractivity contribution in [3.63, 3.8) is 0 Å². The van der Waals surface area contributed by atoms with Gasteiger partial charge in [0.15, 0.2) is 0 Å². The molecule has 1 aliphatic rings. The molecule has 0 aromatic heterocycles. The molecule has 1 saturated heterocycles. The van der Waals surface area contributed by atoms with Crippen molar-refractivity contribution in [2.45, 2.75) is 6.42 Å². The van der Waals surface area contributed by atoms with Gasteiger partial charge < -0.3 is 9.80 Å². The van der Waals surface area contributed by atoms with Gasteiger partial charge in [0.25, 0.3) is 5.91 Å². The molecule has 1 aliphatic heterocycles. The van der Waals surface area contributed by atoms with Crippen molar-refractivity contribution in [1.82, 2.24) is 4.90 Å². The normalized spacial score (nSPS) is 15.3. The number of benzene rings is 2. The average molecular weight is 395 g/mol. The molecule has 1 amide bonds. The number of hydrogen-bond acceptors (Lipinski definition) is 2. The topological polar surface area (TPSA) is 23.6 Å². The maximum atomic E-state index is 14.0. The van der Waals surface area contributed by atoms with E-state index in [9.17, 15) is 13.6 Å². The molecule has 0 unspecified atom stereocenters. The summed E-state index contributed by atoms with van der Waals surface area (Å²) in [7, 11) is 0. The first-order chi connectivity index (χ1) is 11.5. The summed E-state index contributed by atoms with van der Waals surface area (Å²) in [6.07, 6.45) is 0.779. The van der Waals surface area contributed by atoms with E-state index in [2.05, 4.69) is 20.8 Å². The fraction of sp³-hybridized carbons (Fsp3) is 0.278. The highest BCUT2D eigenvalue weighted by Gasteiger charge is 2.22. The third-order valence-corrected chi connectivity index (χ3v) is 4.63. The lowest BCUT2D eigenvalue weighted by molar-refractivity contribution is 0.0762. The van der Waals surface area contributed by atoms with E-state index in [4.69, 9.17) is 0 Å². The lowest BCUT2D eigenvalue weighted by Gasteiger charge is -2.24. The molecular weight excluding hydrogens is 378 g/mol. The Bertz CT molecular complexity index is 736. The summed E-state index contributed by atoms with van der Waals surface area (Å²) in [6, 6.07) is 10.8. The number of rotatable bonds is 2. The molecule has 3 nitrogen and oxygen atoms in total. The van der Waals surface area contributed by atoms with E-state index in [0.717, 1.165) is 18.7 Å². The highest BCUT2D eigenvalue weighted by molar-refractivity contribution is 9.10. The van der Waals surface area contributed by atoms with E-state index in [1.165, 1.54) is 24.3 Å². The highest BCUT2D eigenvalue weighted by Crippen LogP contribution is 2.20. The summed E-state index contributed by atoms with van der Waals surface area (Å²) in [5, 5.41) is 0. The Morgan fingerprint density at radius 3 is 2.42 bits per heavy atom. The quantitative estimate of drug-likeness (QED) is 0.765. The smallest absolute Gasteiger partial charge is 0.256 e. The van der Waals surface area contributed by atoms with Crippen LogP contribution in [0.1, 0.15) is 16.8 Å². The first-order valence-electron chi connectivity index (χ1n) is 7.79. The van der Waals surface area contributed by atoms with Gasteiger partial charge in [0.2, 0.25) is 0 Å². The van der Waals surface area contributed by atoms with Crippen molar-refractivity contribution in [2.75, 3.05) is 31.1 Å². The number of amides is 1. The summed E-state index contributed by atoms with van der Waals surface area (Å²) in [6.45, 7) is 2.49. The molecule has 0 saturated carbocycles. The van der Waals surface area contributed by atoms with Crippen molar-refractivity contribution in [3.8, 4) is 0 Å². The summed E-state index contributed by atoms with van der Waals surface area (Å²) in [5.74, 6) is -1.08. The van der Waals surface area contributed by atoms with Crippen molar-refractivity contribution in [1.29, 1.82) is 0 Å². The second-order valence-corrected chi connectivity index (χ2v) is 6.65. The molecule has 126 valence electrons. The largest absolute Gasteiger partial charge is 0.370 e. The standard InChI is InChI=1S/C18H17BrF2N2O/c19-13-2-7-16(17(21)12-13)18(24)23-9-1-8-22(10-11-23)15-5-3-14(20)4-6-15/h2-7,12H,1,8-11H2. The van der Waals surface area contributed by atoms with Crippen LogP contribution >= 0.6 is 15.9 Å². The minimum absolute atomic E-state index is 0.0911. The van der Waals surface area contributed by atoms with Gasteiger partial charge in [0, 0.05) is 36.3 Å². The van der Waals surface area contributed by atoms with Crippen LogP contribution < -0.4 is 4.90 Å². The van der Waals surface area contributed by atoms with Gasteiger partial charge in [-0.1, -0.05) is 15.9 Å². The zero-order valence-electron chi connectivity index (χ0n) is 13.0. The Morgan fingerprint density at radius 1 is 0.958 bits per heavy atom. The monoisotopic (exact) mass is 394 g/mol. The zero-order chi connectivity index (χ0) is 17.1. The van der Waals surface area contributed by atoms with Crippen LogP contribution in [0, 0.1) is 11.6 Å². The van der Waals surface area contributed by atoms with Gasteiger partial charge in [-0.05, 0) is 48.9 Å². The van der Waals surface area contributed by atoms with Crippen molar-refractivity contribution >= 4 is 27.5 Å². The van der Waals surface area contributed by atoms with E-state index < -0.39 is 5.82 Å². The molecule has 0 spiro atoms. The van der Waals surface area contributed by atoms with Crippen LogP contribution in [-0.4, -0.2) is 37.0 Å². The van der Waals surface area contributed by atoms with Crippen molar-refractivity contribution < 1.29 is 13.6 Å². The van der Waals surface area contributed by atoms with Crippen LogP contribution in [-0.2, 0) is 0 Å². The molecule has 1 heterocycles. The molecule has 0 bridgehead atoms. The minimum Gasteiger partial charge on any atom is -0.370 e. The maximum Gasteiger partial charge on any atom is 0.256 e. The summed E-state index contributed by atoms with van der Waals surface area (Å²) in [4.78, 5) is 16.4. The van der Waals surface area contributed by atoms with Gasteiger partial charge in [0.1, 0.15) is 11.6 Å². The maximum absolute atomic E-state index is 14.0. The molecule has 0 radical (unpaired) electrons. The summed E-state index contributed by atoms with van der Waals surface area (Å²) >= 11 is 3.19. The Morgan fingerprint density at radius 2 is 1.71 bits per heavy atom. The predicted octanol–water partition coefficient (Wildman–Crippen LogP) is 4.08. The third-order valence-electron chi connectivity index (χ3n) is 4.14. The van der Waals surface area contributed by atoms with Crippen LogP contribution in [0.2, 0.25) is 0 Å². The van der Waals surface area contributed by atoms with Crippen molar-refractivity contribution in [3.05, 3.63) is 64.1 Å². The van der Waals surface area contributed by atoms with E-state index in [1.54, 1.807) is 23.1 Å². The van der Waals surface area contributed by atoms with Gasteiger partial charge in [-0.3, -0.25) is 4.79 Å². The van der Waals surface area contributed by atoms with E-state index in [0.29, 0.717) is 24.1 Å². The lowest BCUT2D eigenvalue weighted by Crippen LogP contribution is -2.35. The van der Waals surface area contributed by atoms with Gasteiger partial charge in [-0.2, -0.15) is 0 Å². The number of carbonyl (C=O) groups excluding carboxylic acids is 1. The van der Waals surface area contributed by atoms with Crippen LogP contribution in [0.5, 0.6) is 0 Å². The van der Waals surface area contributed by atoms with E-state index in [1.807, 2.05) is 0 Å². The number of halogens is 3. The van der Waals surface area contributed by atoms with Gasteiger partial charge in [-0.25, -0.2) is 8.78 Å². The molecule has 0 N–H and O–H groups in total. The molecule has 0 atom stereocenters. The van der Waals surface area contributed by atoms with Gasteiger partial charge >= 0.3 is 0 Å². The van der Waals surface area contributed by atoms with Gasteiger partial charge in [-0.15, -0.1) is 0 Å². The molecule has 2 aromatic rings. The van der Waals surface area contributed by atoms with Crippen LogP contribution in [0.25, 0.3) is 0 Å². The number of hydrogen-bond donors (Lipinski definition) is 0. The first kappa shape index (κ1) is 16.9. The summed E-state index contributed by atoms with van der Waals surface area (Å²) < 4.78 is 27.7. The van der Waals surface area contributed by atoms with E-state index in [-0.39, 0.29) is 17.3 Å². The number of nitrogens with zero attached hydrogens (tertiary/aromatic N) is 2. The third kappa shape index (κ3) is 3.75. The Kier molecular flexibility index (Phi) is 5.14. The van der Waals surface area contributed by atoms with E-state index >= 15 is 0 Å². The first-order valence-corrected chi connectivity index (χ1v) is 8.59. The molecule has 2 aromatic carbocycles. The molecule has 0 aliphatic carbocycles. The highest BCUT2D eigenvalue weighted by atomic mass is 79.9. The number of carbonyl (C=O) groups is 1. The Balaban J connectivity index is 1.71. The predicted molar refractivity (Wildman–Crippen MR) is 93.2 cm³/mol. The second-order valence-electron chi connectivity index (χ2n) is 5.73. The second kappa shape index (κ2) is 7.30. The minimum atomic E-state index is -0.519. The van der Waals surface area contributed by atoms with Crippen LogP contribution in [0.4, 0.5) is 14.5 Å². The average Bonchev–Trinajstić information content (AvgIpc) is 2.81. The lowest BCUT2D eigenvalue weighted by atomic mass is 10.2. The molecule has 3 rings (SSSR count). The zero-order valence-corrected chi connectivity index (χ0v) is 14.6. The number of anilines is 1. The van der Waals surface area contributed by atoms with Gasteiger partial charge in [0.05, 0.1) is 5.56 Å². The SMILES string of the molecule is O=C(c1ccc(Br)cc1F)N1CCCN(c2ccc(F)cc2)CC1. The Hall–Kier alpha value is -1.95. The van der Waals surface area contributed by atoms with Crippen LogP contribution in [0.3, 0.4) is 0 Å². The fourth-order valence-electron chi connectivity index (χ4n) is 2.86. The molecule has 6 heteroatoms.